The Morgan fingerprint density at radius 1 is 1.27 bits per heavy atom. The van der Waals surface area contributed by atoms with Crippen LogP contribution in [0.4, 0.5) is 0 Å². The molecule has 0 spiro atoms. The van der Waals surface area contributed by atoms with E-state index in [9.17, 15) is 5.21 Å². The highest BCUT2D eigenvalue weighted by Crippen LogP contribution is 1.95. The predicted octanol–water partition coefficient (Wildman–Crippen LogP) is -0.947. The van der Waals surface area contributed by atoms with Crippen molar-refractivity contribution >= 4 is 11.2 Å². The molecule has 0 saturated carbocycles. The molecule has 0 aliphatic rings. The van der Waals surface area contributed by atoms with Crippen LogP contribution in [-0.4, -0.2) is 20.1 Å². The molecule has 0 aliphatic heterocycles. The largest absolute Gasteiger partial charge is 0.594 e. The van der Waals surface area contributed by atoms with E-state index in [-0.39, 0.29) is 5.52 Å². The van der Waals surface area contributed by atoms with Gasteiger partial charge in [-0.25, -0.2) is 15.0 Å². The van der Waals surface area contributed by atoms with E-state index < -0.39 is 0 Å². The first kappa shape index (κ1) is 5.90. The first-order chi connectivity index (χ1) is 5.38. The van der Waals surface area contributed by atoms with Gasteiger partial charge in [0.1, 0.15) is 12.5 Å². The zero-order chi connectivity index (χ0) is 7.68. The third-order valence-electron chi connectivity index (χ3n) is 1.22. The van der Waals surface area contributed by atoms with E-state index in [2.05, 4.69) is 20.1 Å². The molecule has 0 aliphatic carbocycles. The van der Waals surface area contributed by atoms with E-state index >= 15 is 0 Å². The van der Waals surface area contributed by atoms with Crippen molar-refractivity contribution in [3.8, 4) is 0 Å². The van der Waals surface area contributed by atoms with Gasteiger partial charge in [-0.15, -0.1) is 0 Å². The molecule has 0 bridgehead atoms. The molecule has 11 heavy (non-hydrogen) atoms. The minimum atomic E-state index is 0.273. The van der Waals surface area contributed by atoms with Crippen LogP contribution in [0.25, 0.3) is 11.2 Å². The van der Waals surface area contributed by atoms with Crippen LogP contribution in [0.2, 0.25) is 0 Å². The number of aromatic nitrogens is 5. The van der Waals surface area contributed by atoms with E-state index in [1.54, 1.807) is 0 Å². The highest BCUT2D eigenvalue weighted by atomic mass is 16.5. The maximum absolute atomic E-state index is 10.9. The Bertz CT molecular complexity index is 384. The number of rotatable bonds is 0. The first-order valence-corrected chi connectivity index (χ1v) is 2.88. The summed E-state index contributed by atoms with van der Waals surface area (Å²) in [5, 5.41) is 14.2. The fourth-order valence-corrected chi connectivity index (χ4v) is 0.740. The standard InChI is InChI=1S/C5H3N5O/c11-10-4-1-6-2-7-5(4)8-3-9-10/h1-3H. The number of hydrogen-bond acceptors (Lipinski definition) is 5. The second-order valence-electron chi connectivity index (χ2n) is 1.86. The minimum Gasteiger partial charge on any atom is -0.594 e. The molecule has 2 heterocycles. The Morgan fingerprint density at radius 2 is 2.09 bits per heavy atom. The summed E-state index contributed by atoms with van der Waals surface area (Å²) in [7, 11) is 0. The van der Waals surface area contributed by atoms with Crippen LogP contribution in [0, 0.1) is 5.21 Å². The molecular weight excluding hydrogens is 146 g/mol. The van der Waals surface area contributed by atoms with Crippen LogP contribution in [0.3, 0.4) is 0 Å². The highest BCUT2D eigenvalue weighted by Gasteiger charge is 2.04. The van der Waals surface area contributed by atoms with Crippen LogP contribution in [0.5, 0.6) is 0 Å². The predicted molar refractivity (Wildman–Crippen MR) is 34.1 cm³/mol. The molecule has 0 atom stereocenters. The molecule has 2 rings (SSSR count). The number of nitrogens with zero attached hydrogens (tertiary/aromatic N) is 5. The summed E-state index contributed by atoms with van der Waals surface area (Å²) in [5.74, 6) is 0. The Kier molecular flexibility index (Phi) is 1.12. The SMILES string of the molecule is [O-][n+]1ncnc2ncncc21. The van der Waals surface area contributed by atoms with Gasteiger partial charge in [0, 0.05) is 5.10 Å². The smallest absolute Gasteiger partial charge is 0.307 e. The van der Waals surface area contributed by atoms with E-state index in [1.165, 1.54) is 12.5 Å². The monoisotopic (exact) mass is 149 g/mol. The third-order valence-corrected chi connectivity index (χ3v) is 1.22. The molecule has 0 fully saturated rings. The van der Waals surface area contributed by atoms with Gasteiger partial charge < -0.3 is 5.21 Å². The molecule has 0 saturated heterocycles. The van der Waals surface area contributed by atoms with Crippen LogP contribution in [0.1, 0.15) is 0 Å². The molecule has 0 aromatic carbocycles. The first-order valence-electron chi connectivity index (χ1n) is 2.88. The van der Waals surface area contributed by atoms with Gasteiger partial charge in [-0.05, 0) is 4.85 Å². The van der Waals surface area contributed by atoms with Gasteiger partial charge in [-0.3, -0.25) is 0 Å². The van der Waals surface area contributed by atoms with Gasteiger partial charge in [0.25, 0.3) is 0 Å². The second kappa shape index (κ2) is 2.08. The number of hydrogen-bond donors (Lipinski definition) is 0. The zero-order valence-corrected chi connectivity index (χ0v) is 5.38. The summed E-state index contributed by atoms with van der Waals surface area (Å²) >= 11 is 0. The fourth-order valence-electron chi connectivity index (χ4n) is 0.740. The molecule has 6 nitrogen and oxygen atoms in total. The Morgan fingerprint density at radius 3 is 2.91 bits per heavy atom. The van der Waals surface area contributed by atoms with Crippen LogP contribution in [0.15, 0.2) is 18.9 Å². The lowest BCUT2D eigenvalue weighted by molar-refractivity contribution is -0.643. The lowest BCUT2D eigenvalue weighted by atomic mass is 10.5. The van der Waals surface area contributed by atoms with Crippen LogP contribution in [-0.2, 0) is 0 Å². The summed E-state index contributed by atoms with van der Waals surface area (Å²) in [6.45, 7) is 0. The van der Waals surface area contributed by atoms with Crippen molar-refractivity contribution in [2.75, 3.05) is 0 Å². The van der Waals surface area contributed by atoms with Gasteiger partial charge in [0.2, 0.25) is 5.65 Å². The van der Waals surface area contributed by atoms with Crippen molar-refractivity contribution in [3.63, 3.8) is 0 Å². The van der Waals surface area contributed by atoms with E-state index in [1.807, 2.05) is 0 Å². The maximum atomic E-state index is 10.9. The lowest BCUT2D eigenvalue weighted by Crippen LogP contribution is -2.32. The average Bonchev–Trinajstić information content (AvgIpc) is 2.06. The quantitative estimate of drug-likeness (QED) is 0.356. The summed E-state index contributed by atoms with van der Waals surface area (Å²) in [4.78, 5) is 11.6. The molecular formula is C5H3N5O. The Hall–Kier alpha value is -1.85. The second-order valence-corrected chi connectivity index (χ2v) is 1.86. The molecule has 0 amide bonds. The molecule has 0 N–H and O–H groups in total. The van der Waals surface area contributed by atoms with Crippen molar-refractivity contribution in [1.29, 1.82) is 0 Å². The maximum Gasteiger partial charge on any atom is 0.307 e. The summed E-state index contributed by atoms with van der Waals surface area (Å²) in [5.41, 5.74) is 0.625. The van der Waals surface area contributed by atoms with Gasteiger partial charge in [0.15, 0.2) is 6.33 Å². The Balaban J connectivity index is 2.91. The molecule has 0 radical (unpaired) electrons. The minimum absolute atomic E-state index is 0.273. The van der Waals surface area contributed by atoms with Gasteiger partial charge in [-0.1, -0.05) is 0 Å². The zero-order valence-electron chi connectivity index (χ0n) is 5.38. The third kappa shape index (κ3) is 0.841. The Labute approximate surface area is 61.1 Å². The fraction of sp³-hybridized carbons (Fsp3) is 0. The topological polar surface area (TPSA) is 78.5 Å². The molecule has 2 aromatic rings. The van der Waals surface area contributed by atoms with Crippen molar-refractivity contribution in [2.24, 2.45) is 0 Å². The van der Waals surface area contributed by atoms with Crippen molar-refractivity contribution < 1.29 is 4.85 Å². The molecule has 6 heteroatoms. The highest BCUT2D eigenvalue weighted by molar-refractivity contribution is 5.62. The molecule has 54 valence electrons. The van der Waals surface area contributed by atoms with Crippen molar-refractivity contribution in [3.05, 3.63) is 24.1 Å². The van der Waals surface area contributed by atoms with Crippen molar-refractivity contribution in [1.82, 2.24) is 20.1 Å². The molecule has 2 aromatic heterocycles. The van der Waals surface area contributed by atoms with Gasteiger partial charge in [-0.2, -0.15) is 0 Å². The van der Waals surface area contributed by atoms with Crippen molar-refractivity contribution in [2.45, 2.75) is 0 Å². The average molecular weight is 149 g/mol. The lowest BCUT2D eigenvalue weighted by Gasteiger charge is -1.93. The van der Waals surface area contributed by atoms with Crippen LogP contribution >= 0.6 is 0 Å². The van der Waals surface area contributed by atoms with E-state index in [0.717, 1.165) is 6.33 Å². The summed E-state index contributed by atoms with van der Waals surface area (Å²) < 4.78 is 0. The molecule has 0 unspecified atom stereocenters. The van der Waals surface area contributed by atoms with Crippen LogP contribution < -0.4 is 4.85 Å². The number of fused-ring (bicyclic) bond motifs is 1. The normalized spacial score (nSPS) is 10.2. The van der Waals surface area contributed by atoms with Gasteiger partial charge >= 0.3 is 5.52 Å². The summed E-state index contributed by atoms with van der Waals surface area (Å²) in [6.07, 6.45) is 3.85. The van der Waals surface area contributed by atoms with E-state index in [4.69, 9.17) is 0 Å². The van der Waals surface area contributed by atoms with Gasteiger partial charge in [0.05, 0.1) is 0 Å². The summed E-state index contributed by atoms with van der Waals surface area (Å²) in [6, 6.07) is 0. The van der Waals surface area contributed by atoms with E-state index in [0.29, 0.717) is 10.5 Å².